The smallest absolute Gasteiger partial charge is 0.409 e. The molecule has 0 bridgehead atoms. The van der Waals surface area contributed by atoms with Gasteiger partial charge in [-0.25, -0.2) is 4.79 Å². The van der Waals surface area contributed by atoms with E-state index in [4.69, 9.17) is 14.2 Å². The summed E-state index contributed by atoms with van der Waals surface area (Å²) in [5.41, 5.74) is 1.79. The van der Waals surface area contributed by atoms with Crippen molar-refractivity contribution in [2.24, 2.45) is 5.41 Å². The van der Waals surface area contributed by atoms with Crippen LogP contribution in [0.3, 0.4) is 0 Å². The summed E-state index contributed by atoms with van der Waals surface area (Å²) >= 11 is 0. The molecule has 4 atom stereocenters. The summed E-state index contributed by atoms with van der Waals surface area (Å²) in [5, 5.41) is 10.6. The fourth-order valence-electron chi connectivity index (χ4n) is 4.48. The number of benzene rings is 2. The number of rotatable bonds is 8. The Kier molecular flexibility index (Phi) is 7.67. The van der Waals surface area contributed by atoms with Crippen molar-refractivity contribution < 1.29 is 24.1 Å². The van der Waals surface area contributed by atoms with Gasteiger partial charge >= 0.3 is 6.09 Å². The molecule has 1 fully saturated rings. The number of hydrogen-bond donors (Lipinski definition) is 1. The van der Waals surface area contributed by atoms with E-state index in [-0.39, 0.29) is 18.1 Å². The number of carbonyl (C=O) groups is 1. The predicted octanol–water partition coefficient (Wildman–Crippen LogP) is 4.65. The summed E-state index contributed by atoms with van der Waals surface area (Å²) in [6.07, 6.45) is 0.832. The van der Waals surface area contributed by atoms with E-state index in [2.05, 4.69) is 19.1 Å². The third kappa shape index (κ3) is 5.18. The van der Waals surface area contributed by atoms with Crippen molar-refractivity contribution in [2.45, 2.75) is 51.7 Å². The van der Waals surface area contributed by atoms with Gasteiger partial charge in [0, 0.05) is 24.4 Å². The van der Waals surface area contributed by atoms with E-state index in [0.29, 0.717) is 24.6 Å². The first kappa shape index (κ1) is 23.9. The number of nitrogens with zero attached hydrogens (tertiary/aromatic N) is 1. The molecule has 0 aliphatic carbocycles. The second-order valence-corrected chi connectivity index (χ2v) is 8.95. The molecule has 0 spiro atoms. The second kappa shape index (κ2) is 10.3. The van der Waals surface area contributed by atoms with E-state index in [0.717, 1.165) is 18.4 Å². The van der Waals surface area contributed by atoms with Gasteiger partial charge in [-0.1, -0.05) is 43.3 Å². The van der Waals surface area contributed by atoms with Gasteiger partial charge in [0.15, 0.2) is 11.5 Å². The molecule has 0 aromatic heterocycles. The molecular weight excluding hydrogens is 406 g/mol. The van der Waals surface area contributed by atoms with Crippen molar-refractivity contribution in [3.8, 4) is 11.5 Å². The maximum absolute atomic E-state index is 12.2. The number of aliphatic hydroxyl groups excluding tert-OH is 1. The van der Waals surface area contributed by atoms with Crippen molar-refractivity contribution in [3.63, 3.8) is 0 Å². The summed E-state index contributed by atoms with van der Waals surface area (Å²) in [7, 11) is 3.01. The van der Waals surface area contributed by atoms with Crippen molar-refractivity contribution in [2.75, 3.05) is 27.3 Å². The predicted molar refractivity (Wildman–Crippen MR) is 124 cm³/mol. The number of aliphatic hydroxyl groups is 1. The maximum atomic E-state index is 12.2. The highest BCUT2D eigenvalue weighted by Gasteiger charge is 2.48. The minimum atomic E-state index is -0.599. The molecule has 1 heterocycles. The van der Waals surface area contributed by atoms with Gasteiger partial charge in [0.1, 0.15) is 0 Å². The Hall–Kier alpha value is -2.73. The third-order valence-corrected chi connectivity index (χ3v) is 6.72. The quantitative estimate of drug-likeness (QED) is 0.646. The normalized spacial score (nSPS) is 22.3. The Morgan fingerprint density at radius 1 is 1.16 bits per heavy atom. The minimum Gasteiger partial charge on any atom is -0.493 e. The third-order valence-electron chi connectivity index (χ3n) is 6.72. The van der Waals surface area contributed by atoms with Crippen molar-refractivity contribution in [1.29, 1.82) is 0 Å². The molecule has 174 valence electrons. The zero-order chi connectivity index (χ0) is 23.3. The van der Waals surface area contributed by atoms with Crippen LogP contribution in [0.15, 0.2) is 48.5 Å². The van der Waals surface area contributed by atoms with Gasteiger partial charge in [-0.2, -0.15) is 0 Å². The summed E-state index contributed by atoms with van der Waals surface area (Å²) in [4.78, 5) is 13.8. The summed E-state index contributed by atoms with van der Waals surface area (Å²) in [5.74, 6) is 1.28. The van der Waals surface area contributed by atoms with Crippen LogP contribution in [-0.2, 0) is 11.2 Å². The summed E-state index contributed by atoms with van der Waals surface area (Å²) in [6.45, 7) is 6.75. The largest absolute Gasteiger partial charge is 0.493 e. The van der Waals surface area contributed by atoms with Gasteiger partial charge < -0.3 is 24.2 Å². The lowest BCUT2D eigenvalue weighted by Gasteiger charge is -2.33. The standard InChI is InChI=1S/C26H35NO5/c1-18(11-12-20-9-7-6-8-10-20)32-24-15-21(13-14-23(24)30-4)22-16-27(25(29)31-5)17-26(22,3)19(2)28/h6-10,13-15,18-19,22,28H,11-12,16-17H2,1-5H3/t18?,19?,22-,26-/m0/s1. The van der Waals surface area contributed by atoms with Gasteiger partial charge in [0.2, 0.25) is 0 Å². The van der Waals surface area contributed by atoms with E-state index in [1.807, 2.05) is 43.3 Å². The van der Waals surface area contributed by atoms with Crippen molar-refractivity contribution in [3.05, 3.63) is 59.7 Å². The molecule has 6 nitrogen and oxygen atoms in total. The molecule has 2 aromatic rings. The molecule has 1 saturated heterocycles. The molecule has 2 unspecified atom stereocenters. The zero-order valence-electron chi connectivity index (χ0n) is 19.7. The molecule has 32 heavy (non-hydrogen) atoms. The van der Waals surface area contributed by atoms with E-state index < -0.39 is 11.5 Å². The Bertz CT molecular complexity index is 900. The highest BCUT2D eigenvalue weighted by atomic mass is 16.5. The van der Waals surface area contributed by atoms with E-state index in [1.54, 1.807) is 18.9 Å². The maximum Gasteiger partial charge on any atom is 0.409 e. The zero-order valence-corrected chi connectivity index (χ0v) is 19.7. The highest BCUT2D eigenvalue weighted by molar-refractivity contribution is 5.68. The Morgan fingerprint density at radius 3 is 2.50 bits per heavy atom. The second-order valence-electron chi connectivity index (χ2n) is 8.95. The van der Waals surface area contributed by atoms with Crippen LogP contribution in [0.1, 0.15) is 44.2 Å². The fourth-order valence-corrected chi connectivity index (χ4v) is 4.48. The number of carbonyl (C=O) groups excluding carboxylic acids is 1. The fraction of sp³-hybridized carbons (Fsp3) is 0.500. The van der Waals surface area contributed by atoms with Gasteiger partial charge in [0.05, 0.1) is 26.4 Å². The molecule has 0 saturated carbocycles. The minimum absolute atomic E-state index is 0.00218. The molecule has 0 radical (unpaired) electrons. The lowest BCUT2D eigenvalue weighted by atomic mass is 9.72. The van der Waals surface area contributed by atoms with Crippen LogP contribution in [-0.4, -0.2) is 55.6 Å². The van der Waals surface area contributed by atoms with Crippen LogP contribution < -0.4 is 9.47 Å². The molecule has 6 heteroatoms. The molecule has 2 aromatic carbocycles. The molecule has 1 N–H and O–H groups in total. The number of methoxy groups -OCH3 is 2. The number of likely N-dealkylation sites (tertiary alicyclic amines) is 1. The topological polar surface area (TPSA) is 68.2 Å². The molecule has 1 aliphatic heterocycles. The SMILES string of the molecule is COC(=O)N1C[C@@H](c2ccc(OC)c(OC(C)CCc3ccccc3)c2)[C@](C)(C(C)O)C1. The number of aryl methyl sites for hydroxylation is 1. The lowest BCUT2D eigenvalue weighted by molar-refractivity contribution is 0.0470. The number of hydrogen-bond acceptors (Lipinski definition) is 5. The lowest BCUT2D eigenvalue weighted by Crippen LogP contribution is -2.38. The van der Waals surface area contributed by atoms with Crippen molar-refractivity contribution in [1.82, 2.24) is 4.90 Å². The average Bonchev–Trinajstić information content (AvgIpc) is 3.17. The van der Waals surface area contributed by atoms with Crippen LogP contribution >= 0.6 is 0 Å². The van der Waals surface area contributed by atoms with Crippen molar-refractivity contribution >= 4 is 6.09 Å². The van der Waals surface area contributed by atoms with E-state index in [9.17, 15) is 9.90 Å². The Balaban J connectivity index is 1.80. The summed E-state index contributed by atoms with van der Waals surface area (Å²) in [6, 6.07) is 16.2. The van der Waals surface area contributed by atoms with E-state index in [1.165, 1.54) is 12.7 Å². The molecule has 1 aliphatic rings. The van der Waals surface area contributed by atoms with Gasteiger partial charge in [-0.3, -0.25) is 0 Å². The van der Waals surface area contributed by atoms with Gasteiger partial charge in [-0.15, -0.1) is 0 Å². The average molecular weight is 442 g/mol. The Labute approximate surface area is 191 Å². The van der Waals surface area contributed by atoms with Crippen LogP contribution in [0, 0.1) is 5.41 Å². The van der Waals surface area contributed by atoms with Crippen LogP contribution in [0.5, 0.6) is 11.5 Å². The number of amides is 1. The van der Waals surface area contributed by atoms with Crippen LogP contribution in [0.25, 0.3) is 0 Å². The van der Waals surface area contributed by atoms with E-state index >= 15 is 0 Å². The van der Waals surface area contributed by atoms with Gasteiger partial charge in [0.25, 0.3) is 0 Å². The highest BCUT2D eigenvalue weighted by Crippen LogP contribution is 2.47. The van der Waals surface area contributed by atoms with Crippen LogP contribution in [0.4, 0.5) is 4.79 Å². The summed E-state index contributed by atoms with van der Waals surface area (Å²) < 4.78 is 16.8. The van der Waals surface area contributed by atoms with Gasteiger partial charge in [-0.05, 0) is 49.9 Å². The van der Waals surface area contributed by atoms with Crippen LogP contribution in [0.2, 0.25) is 0 Å². The first-order chi connectivity index (χ1) is 15.3. The monoisotopic (exact) mass is 441 g/mol. The molecule has 3 rings (SSSR count). The molecule has 1 amide bonds. The Morgan fingerprint density at radius 2 is 1.88 bits per heavy atom. The first-order valence-electron chi connectivity index (χ1n) is 11.2. The molecular formula is C26H35NO5. The first-order valence-corrected chi connectivity index (χ1v) is 11.2. The number of ether oxygens (including phenoxy) is 3.